The number of hydrogen-bond donors (Lipinski definition) is 1. The molecule has 2 N–H and O–H groups in total. The van der Waals surface area contributed by atoms with Crippen LogP contribution in [0.3, 0.4) is 0 Å². The van der Waals surface area contributed by atoms with Crippen LogP contribution in [-0.2, 0) is 4.79 Å². The molecule has 1 aliphatic rings. The molecule has 1 saturated heterocycles. The molecule has 16 heavy (non-hydrogen) atoms. The molecule has 2 atom stereocenters. The Bertz CT molecular complexity index is 352. The van der Waals surface area contributed by atoms with E-state index in [4.69, 9.17) is 5.73 Å². The minimum atomic E-state index is 0.235. The molecular weight excluding hydrogens is 222 g/mol. The van der Waals surface area contributed by atoms with Gasteiger partial charge in [0.2, 0.25) is 5.91 Å². The van der Waals surface area contributed by atoms with Gasteiger partial charge in [-0.25, -0.2) is 4.98 Å². The van der Waals surface area contributed by atoms with Crippen molar-refractivity contribution in [1.29, 1.82) is 0 Å². The van der Waals surface area contributed by atoms with Crippen LogP contribution in [0.1, 0.15) is 24.3 Å². The first-order chi connectivity index (χ1) is 7.70. The summed E-state index contributed by atoms with van der Waals surface area (Å²) in [6.07, 6.45) is 2.42. The first-order valence-electron chi connectivity index (χ1n) is 5.58. The van der Waals surface area contributed by atoms with Crippen molar-refractivity contribution >= 4 is 17.2 Å². The first-order valence-corrected chi connectivity index (χ1v) is 6.46. The fourth-order valence-corrected chi connectivity index (χ4v) is 2.76. The number of hydrogen-bond acceptors (Lipinski definition) is 4. The van der Waals surface area contributed by atoms with E-state index in [2.05, 4.69) is 11.9 Å². The smallest absolute Gasteiger partial charge is 0.222 e. The average Bonchev–Trinajstić information content (AvgIpc) is 2.88. The van der Waals surface area contributed by atoms with Gasteiger partial charge >= 0.3 is 0 Å². The lowest BCUT2D eigenvalue weighted by Crippen LogP contribution is -2.30. The Morgan fingerprint density at radius 3 is 3.12 bits per heavy atom. The zero-order valence-electron chi connectivity index (χ0n) is 9.43. The lowest BCUT2D eigenvalue weighted by molar-refractivity contribution is -0.127. The number of amides is 1. The van der Waals surface area contributed by atoms with Crippen LogP contribution >= 0.6 is 11.3 Å². The van der Waals surface area contributed by atoms with Gasteiger partial charge in [-0.2, -0.15) is 0 Å². The van der Waals surface area contributed by atoms with Crippen LogP contribution in [0.2, 0.25) is 0 Å². The third-order valence-electron chi connectivity index (χ3n) is 3.00. The van der Waals surface area contributed by atoms with Crippen LogP contribution in [0.25, 0.3) is 0 Å². The third-order valence-corrected chi connectivity index (χ3v) is 4.00. The summed E-state index contributed by atoms with van der Waals surface area (Å²) in [6.45, 7) is 4.30. The van der Waals surface area contributed by atoms with Gasteiger partial charge in [0.25, 0.3) is 0 Å². The highest BCUT2D eigenvalue weighted by molar-refractivity contribution is 7.09. The second-order valence-electron chi connectivity index (χ2n) is 4.38. The molecule has 4 nitrogen and oxygen atoms in total. The van der Waals surface area contributed by atoms with Gasteiger partial charge in [-0.3, -0.25) is 4.79 Å². The summed E-state index contributed by atoms with van der Waals surface area (Å²) in [5.41, 5.74) is 5.59. The predicted octanol–water partition coefficient (Wildman–Crippen LogP) is 1.05. The molecule has 88 valence electrons. The van der Waals surface area contributed by atoms with Gasteiger partial charge in [-0.15, -0.1) is 11.3 Å². The quantitative estimate of drug-likeness (QED) is 0.854. The maximum absolute atomic E-state index is 11.7. The highest BCUT2D eigenvalue weighted by Crippen LogP contribution is 2.23. The van der Waals surface area contributed by atoms with Crippen molar-refractivity contribution < 1.29 is 4.79 Å². The summed E-state index contributed by atoms with van der Waals surface area (Å²) in [5.74, 6) is 0.898. The average molecular weight is 239 g/mol. The van der Waals surface area contributed by atoms with Crippen LogP contribution in [0.4, 0.5) is 0 Å². The third kappa shape index (κ3) is 2.41. The Morgan fingerprint density at radius 1 is 1.75 bits per heavy atom. The fraction of sp³-hybridized carbons (Fsp3) is 0.636. The fourth-order valence-electron chi connectivity index (χ4n) is 2.07. The zero-order chi connectivity index (χ0) is 11.5. The van der Waals surface area contributed by atoms with E-state index >= 15 is 0 Å². The summed E-state index contributed by atoms with van der Waals surface area (Å²) in [7, 11) is 0. The van der Waals surface area contributed by atoms with Crippen LogP contribution in [0.15, 0.2) is 11.6 Å². The van der Waals surface area contributed by atoms with Gasteiger partial charge in [0.15, 0.2) is 0 Å². The second-order valence-corrected chi connectivity index (χ2v) is 5.30. The highest BCUT2D eigenvalue weighted by atomic mass is 32.1. The van der Waals surface area contributed by atoms with E-state index in [1.165, 1.54) is 0 Å². The molecular formula is C11H17N3OS. The SMILES string of the molecule is CC(CN1CC(CN)CC1=O)c1nccs1. The second kappa shape index (κ2) is 4.93. The van der Waals surface area contributed by atoms with Crippen LogP contribution < -0.4 is 5.73 Å². The van der Waals surface area contributed by atoms with E-state index in [0.29, 0.717) is 24.8 Å². The molecule has 0 spiro atoms. The minimum absolute atomic E-state index is 0.235. The molecule has 1 amide bonds. The number of carbonyl (C=O) groups excluding carboxylic acids is 1. The molecule has 0 radical (unpaired) electrons. The predicted molar refractivity (Wildman–Crippen MR) is 64.3 cm³/mol. The molecule has 0 aromatic carbocycles. The van der Waals surface area contributed by atoms with Crippen LogP contribution in [0, 0.1) is 5.92 Å². The van der Waals surface area contributed by atoms with Crippen molar-refractivity contribution in [2.45, 2.75) is 19.3 Å². The highest BCUT2D eigenvalue weighted by Gasteiger charge is 2.29. The largest absolute Gasteiger partial charge is 0.342 e. The van der Waals surface area contributed by atoms with E-state index in [1.807, 2.05) is 16.5 Å². The molecule has 0 saturated carbocycles. The van der Waals surface area contributed by atoms with Gasteiger partial charge in [0.05, 0.1) is 5.01 Å². The van der Waals surface area contributed by atoms with Crippen molar-refractivity contribution in [1.82, 2.24) is 9.88 Å². The Morgan fingerprint density at radius 2 is 2.56 bits per heavy atom. The first kappa shape index (κ1) is 11.5. The van der Waals surface area contributed by atoms with Gasteiger partial charge in [0, 0.05) is 37.0 Å². The van der Waals surface area contributed by atoms with Crippen molar-refractivity contribution in [3.63, 3.8) is 0 Å². The van der Waals surface area contributed by atoms with E-state index in [0.717, 1.165) is 18.1 Å². The number of nitrogens with zero attached hydrogens (tertiary/aromatic N) is 2. The molecule has 0 bridgehead atoms. The molecule has 1 fully saturated rings. The van der Waals surface area contributed by atoms with Gasteiger partial charge in [-0.05, 0) is 12.5 Å². The number of aromatic nitrogens is 1. The van der Waals surface area contributed by atoms with Crippen LogP contribution in [0.5, 0.6) is 0 Å². The molecule has 1 aromatic heterocycles. The van der Waals surface area contributed by atoms with Crippen molar-refractivity contribution in [3.05, 3.63) is 16.6 Å². The molecule has 1 aliphatic heterocycles. The Hall–Kier alpha value is -0.940. The summed E-state index contributed by atoms with van der Waals surface area (Å²) < 4.78 is 0. The van der Waals surface area contributed by atoms with E-state index < -0.39 is 0 Å². The number of thiazole rings is 1. The number of rotatable bonds is 4. The van der Waals surface area contributed by atoms with E-state index in [9.17, 15) is 4.79 Å². The summed E-state index contributed by atoms with van der Waals surface area (Å²) in [5, 5.41) is 3.07. The molecule has 2 rings (SSSR count). The number of likely N-dealkylation sites (tertiary alicyclic amines) is 1. The molecule has 1 aromatic rings. The Labute approximate surface area is 99.5 Å². The van der Waals surface area contributed by atoms with Gasteiger partial charge in [-0.1, -0.05) is 6.92 Å². The van der Waals surface area contributed by atoms with E-state index in [-0.39, 0.29) is 5.91 Å². The summed E-state index contributed by atoms with van der Waals surface area (Å²) >= 11 is 1.65. The molecule has 0 aliphatic carbocycles. The molecule has 5 heteroatoms. The normalized spacial score (nSPS) is 22.8. The standard InChI is InChI=1S/C11H17N3OS/c1-8(11-13-2-3-16-11)6-14-7-9(5-12)4-10(14)15/h2-3,8-9H,4-7,12H2,1H3. The summed E-state index contributed by atoms with van der Waals surface area (Å²) in [6, 6.07) is 0. The van der Waals surface area contributed by atoms with Crippen LogP contribution in [-0.4, -0.2) is 35.4 Å². The maximum Gasteiger partial charge on any atom is 0.222 e. The topological polar surface area (TPSA) is 59.2 Å². The van der Waals surface area contributed by atoms with Crippen molar-refractivity contribution in [3.8, 4) is 0 Å². The van der Waals surface area contributed by atoms with Crippen molar-refractivity contribution in [2.75, 3.05) is 19.6 Å². The lowest BCUT2D eigenvalue weighted by atomic mass is 10.1. The molecule has 2 heterocycles. The zero-order valence-corrected chi connectivity index (χ0v) is 10.2. The lowest BCUT2D eigenvalue weighted by Gasteiger charge is -2.19. The van der Waals surface area contributed by atoms with E-state index in [1.54, 1.807) is 11.3 Å². The van der Waals surface area contributed by atoms with Gasteiger partial charge in [0.1, 0.15) is 0 Å². The number of carbonyl (C=O) groups is 1. The van der Waals surface area contributed by atoms with Gasteiger partial charge < -0.3 is 10.6 Å². The Kier molecular flexibility index (Phi) is 3.56. The van der Waals surface area contributed by atoms with Crippen molar-refractivity contribution in [2.24, 2.45) is 11.7 Å². The monoisotopic (exact) mass is 239 g/mol. The number of nitrogens with two attached hydrogens (primary N) is 1. The molecule has 2 unspecified atom stereocenters. The Balaban J connectivity index is 1.93. The maximum atomic E-state index is 11.7. The summed E-state index contributed by atoms with van der Waals surface area (Å²) in [4.78, 5) is 17.9. The minimum Gasteiger partial charge on any atom is -0.342 e.